The molecule has 0 saturated carbocycles. The normalized spacial score (nSPS) is 16.5. The van der Waals surface area contributed by atoms with Gasteiger partial charge < -0.3 is 19.7 Å². The zero-order chi connectivity index (χ0) is 20.3. The number of ether oxygens (including phenoxy) is 2. The third-order valence-electron chi connectivity index (χ3n) is 4.30. The molecular weight excluding hydrogens is 495 g/mol. The summed E-state index contributed by atoms with van der Waals surface area (Å²) in [4.78, 5) is 6.39. The highest BCUT2D eigenvalue weighted by Crippen LogP contribution is 2.09. The van der Waals surface area contributed by atoms with Gasteiger partial charge in [0.1, 0.15) is 0 Å². The Kier molecular flexibility index (Phi) is 14.7. The van der Waals surface area contributed by atoms with Gasteiger partial charge in [-0.2, -0.15) is 4.31 Å². The number of hydrogen-bond acceptors (Lipinski definition) is 5. The van der Waals surface area contributed by atoms with E-state index >= 15 is 0 Å². The van der Waals surface area contributed by atoms with Crippen LogP contribution in [0.15, 0.2) is 4.99 Å². The third kappa shape index (κ3) is 11.1. The molecule has 168 valence electrons. The average Bonchev–Trinajstić information content (AvgIpc) is 2.60. The molecule has 0 aromatic carbocycles. The molecule has 0 aromatic rings. The Labute approximate surface area is 188 Å². The first kappa shape index (κ1) is 27.8. The summed E-state index contributed by atoms with van der Waals surface area (Å²) in [6, 6.07) is 0. The molecule has 0 bridgehead atoms. The van der Waals surface area contributed by atoms with E-state index in [1.165, 1.54) is 0 Å². The molecule has 10 heteroatoms. The quantitative estimate of drug-likeness (QED) is 0.188. The summed E-state index contributed by atoms with van der Waals surface area (Å²) in [5.41, 5.74) is 0. The Morgan fingerprint density at radius 1 is 1.07 bits per heavy atom. The Hall–Kier alpha value is -0.170. The van der Waals surface area contributed by atoms with Crippen LogP contribution in [0.1, 0.15) is 34.1 Å². The maximum Gasteiger partial charge on any atom is 0.216 e. The van der Waals surface area contributed by atoms with Crippen molar-refractivity contribution < 1.29 is 17.9 Å². The number of halogens is 1. The monoisotopic (exact) mass is 534 g/mol. The lowest BCUT2D eigenvalue weighted by atomic mass is 10.1. The van der Waals surface area contributed by atoms with E-state index in [1.54, 1.807) is 11.4 Å². The van der Waals surface area contributed by atoms with E-state index in [9.17, 15) is 8.42 Å². The van der Waals surface area contributed by atoms with E-state index < -0.39 is 10.0 Å². The fourth-order valence-corrected chi connectivity index (χ4v) is 3.97. The lowest BCUT2D eigenvalue weighted by Crippen LogP contribution is -2.54. The van der Waals surface area contributed by atoms with Crippen LogP contribution in [0.4, 0.5) is 0 Å². The summed E-state index contributed by atoms with van der Waals surface area (Å²) in [7, 11) is -1.52. The first-order valence-electron chi connectivity index (χ1n) is 9.89. The fraction of sp³-hybridized carbons (Fsp3) is 0.944. The zero-order valence-electron chi connectivity index (χ0n) is 18.0. The van der Waals surface area contributed by atoms with Crippen molar-refractivity contribution >= 4 is 40.0 Å². The second-order valence-electron chi connectivity index (χ2n) is 7.39. The van der Waals surface area contributed by atoms with Crippen LogP contribution in [0.5, 0.6) is 0 Å². The summed E-state index contributed by atoms with van der Waals surface area (Å²) in [6.07, 6.45) is 1.11. The van der Waals surface area contributed by atoms with E-state index in [-0.39, 0.29) is 42.4 Å². The van der Waals surface area contributed by atoms with Gasteiger partial charge in [0.15, 0.2) is 5.96 Å². The number of aliphatic imine (C=N–C) groups is 1. The van der Waals surface area contributed by atoms with Gasteiger partial charge in [-0.3, -0.25) is 4.99 Å². The molecule has 1 heterocycles. The first-order chi connectivity index (χ1) is 12.8. The van der Waals surface area contributed by atoms with Crippen LogP contribution < -0.4 is 5.32 Å². The number of hydrogen-bond donors (Lipinski definition) is 1. The Bertz CT molecular complexity index is 536. The van der Waals surface area contributed by atoms with Crippen LogP contribution >= 0.6 is 24.0 Å². The van der Waals surface area contributed by atoms with E-state index in [1.807, 2.05) is 13.8 Å². The van der Waals surface area contributed by atoms with Gasteiger partial charge in [-0.25, -0.2) is 8.42 Å². The highest BCUT2D eigenvalue weighted by Gasteiger charge is 2.27. The Morgan fingerprint density at radius 3 is 2.25 bits per heavy atom. The molecule has 28 heavy (non-hydrogen) atoms. The number of nitrogens with one attached hydrogen (secondary N) is 1. The zero-order valence-corrected chi connectivity index (χ0v) is 21.2. The van der Waals surface area contributed by atoms with Crippen LogP contribution in [0.25, 0.3) is 0 Å². The minimum atomic E-state index is -3.27. The predicted molar refractivity (Wildman–Crippen MR) is 125 cm³/mol. The molecule has 0 aliphatic carbocycles. The molecule has 0 aromatic heterocycles. The molecule has 0 amide bonds. The number of guanidine groups is 1. The minimum absolute atomic E-state index is 0. The molecule has 1 rings (SSSR count). The molecule has 1 aliphatic heterocycles. The first-order valence-corrected chi connectivity index (χ1v) is 11.5. The summed E-state index contributed by atoms with van der Waals surface area (Å²) >= 11 is 0. The van der Waals surface area contributed by atoms with Crippen LogP contribution in [0.3, 0.4) is 0 Å². The fourth-order valence-electron chi connectivity index (χ4n) is 2.68. The van der Waals surface area contributed by atoms with Crippen molar-refractivity contribution in [1.29, 1.82) is 0 Å². The standard InChI is InChI=1S/C18H38N4O4S.HI/c1-16(2)6-12-25-13-7-20-18(19-5)21-8-10-22(11-9-21)27(23,24)15-14-26-17(3)4;/h16-17H,6-15H2,1-5H3,(H,19,20);1H. The summed E-state index contributed by atoms with van der Waals surface area (Å²) in [6.45, 7) is 12.7. The molecule has 1 aliphatic rings. The van der Waals surface area contributed by atoms with E-state index in [0.29, 0.717) is 45.2 Å². The van der Waals surface area contributed by atoms with Crippen LogP contribution in [0.2, 0.25) is 0 Å². The average molecular weight is 535 g/mol. The number of sulfonamides is 1. The van der Waals surface area contributed by atoms with Gasteiger partial charge in [0, 0.05) is 46.4 Å². The van der Waals surface area contributed by atoms with Crippen molar-refractivity contribution in [3.05, 3.63) is 0 Å². The van der Waals surface area contributed by atoms with Crippen molar-refractivity contribution in [3.8, 4) is 0 Å². The van der Waals surface area contributed by atoms with Crippen LogP contribution in [-0.2, 0) is 19.5 Å². The van der Waals surface area contributed by atoms with E-state index in [2.05, 4.69) is 29.1 Å². The number of piperazine rings is 1. The largest absolute Gasteiger partial charge is 0.380 e. The summed E-state index contributed by atoms with van der Waals surface area (Å²) < 4.78 is 37.3. The van der Waals surface area contributed by atoms with Crippen molar-refractivity contribution in [3.63, 3.8) is 0 Å². The molecule has 0 unspecified atom stereocenters. The van der Waals surface area contributed by atoms with Gasteiger partial charge in [0.2, 0.25) is 10.0 Å². The smallest absolute Gasteiger partial charge is 0.216 e. The molecule has 8 nitrogen and oxygen atoms in total. The van der Waals surface area contributed by atoms with Gasteiger partial charge >= 0.3 is 0 Å². The topological polar surface area (TPSA) is 83.5 Å². The van der Waals surface area contributed by atoms with Gasteiger partial charge in [-0.1, -0.05) is 13.8 Å². The molecule has 1 N–H and O–H groups in total. The molecule has 1 saturated heterocycles. The molecular formula is C18H39IN4O4S. The van der Waals surface area contributed by atoms with Gasteiger partial charge in [-0.05, 0) is 26.2 Å². The third-order valence-corrected chi connectivity index (χ3v) is 6.14. The second-order valence-corrected chi connectivity index (χ2v) is 9.48. The van der Waals surface area contributed by atoms with Crippen molar-refractivity contribution in [2.45, 2.75) is 40.2 Å². The molecule has 0 atom stereocenters. The minimum Gasteiger partial charge on any atom is -0.380 e. The SMILES string of the molecule is CN=C(NCCOCCC(C)C)N1CCN(S(=O)(=O)CCOC(C)C)CC1.I. The van der Waals surface area contributed by atoms with Crippen molar-refractivity contribution in [2.75, 3.05) is 65.3 Å². The maximum absolute atomic E-state index is 12.4. The molecule has 0 spiro atoms. The van der Waals surface area contributed by atoms with Crippen molar-refractivity contribution in [1.82, 2.24) is 14.5 Å². The summed E-state index contributed by atoms with van der Waals surface area (Å²) in [5, 5.41) is 3.29. The van der Waals surface area contributed by atoms with Crippen molar-refractivity contribution in [2.24, 2.45) is 10.9 Å². The molecule has 1 fully saturated rings. The van der Waals surface area contributed by atoms with Gasteiger partial charge in [0.25, 0.3) is 0 Å². The van der Waals surface area contributed by atoms with E-state index in [0.717, 1.165) is 19.0 Å². The van der Waals surface area contributed by atoms with Crippen LogP contribution in [0, 0.1) is 5.92 Å². The second kappa shape index (κ2) is 14.8. The number of nitrogens with zero attached hydrogens (tertiary/aromatic N) is 3. The maximum atomic E-state index is 12.4. The van der Waals surface area contributed by atoms with Gasteiger partial charge in [0.05, 0.1) is 25.1 Å². The highest BCUT2D eigenvalue weighted by molar-refractivity contribution is 14.0. The van der Waals surface area contributed by atoms with E-state index in [4.69, 9.17) is 9.47 Å². The Morgan fingerprint density at radius 2 is 1.71 bits per heavy atom. The van der Waals surface area contributed by atoms with Crippen LogP contribution in [-0.4, -0.2) is 95.0 Å². The highest BCUT2D eigenvalue weighted by atomic mass is 127. The summed E-state index contributed by atoms with van der Waals surface area (Å²) in [5.74, 6) is 1.48. The lowest BCUT2D eigenvalue weighted by Gasteiger charge is -2.35. The number of rotatable bonds is 11. The molecule has 0 radical (unpaired) electrons. The predicted octanol–water partition coefficient (Wildman–Crippen LogP) is 1.61. The Balaban J connectivity index is 0.00000729. The lowest BCUT2D eigenvalue weighted by molar-refractivity contribution is 0.0904. The van der Waals surface area contributed by atoms with Gasteiger partial charge in [-0.15, -0.1) is 24.0 Å².